The predicted octanol–water partition coefficient (Wildman–Crippen LogP) is 9.16. The molecule has 0 aliphatic heterocycles. The lowest BCUT2D eigenvalue weighted by Gasteiger charge is -2.36. The average molecular weight is 622 g/mol. The fourth-order valence-corrected chi connectivity index (χ4v) is 5.77. The van der Waals surface area contributed by atoms with Crippen molar-refractivity contribution in [3.63, 3.8) is 0 Å². The molecule has 236 valence electrons. The fourth-order valence-electron chi connectivity index (χ4n) is 5.77. The van der Waals surface area contributed by atoms with E-state index in [4.69, 9.17) is 19.2 Å². The molecule has 6 nitrogen and oxygen atoms in total. The maximum absolute atomic E-state index is 6.96. The Hall–Kier alpha value is -5.33. The van der Waals surface area contributed by atoms with E-state index in [9.17, 15) is 0 Å². The Morgan fingerprint density at radius 2 is 1.00 bits per heavy atom. The first kappa shape index (κ1) is 31.6. The average Bonchev–Trinajstić information content (AvgIpc) is 3.16. The summed E-state index contributed by atoms with van der Waals surface area (Å²) in [4.78, 5) is 13.8. The van der Waals surface area contributed by atoms with Gasteiger partial charge in [-0.25, -0.2) is 4.98 Å². The Bertz CT molecular complexity index is 1700. The Balaban J connectivity index is 1.09. The van der Waals surface area contributed by atoms with Gasteiger partial charge in [-0.3, -0.25) is 9.97 Å². The lowest BCUT2D eigenvalue weighted by Crippen LogP contribution is -2.33. The predicted molar refractivity (Wildman–Crippen MR) is 186 cm³/mol. The van der Waals surface area contributed by atoms with Crippen molar-refractivity contribution in [1.82, 2.24) is 15.0 Å². The summed E-state index contributed by atoms with van der Waals surface area (Å²) < 4.78 is 18.7. The molecule has 3 aromatic carbocycles. The van der Waals surface area contributed by atoms with Gasteiger partial charge in [0.2, 0.25) is 0 Å². The number of nitrogens with zero attached hydrogens (tertiary/aromatic N) is 3. The van der Waals surface area contributed by atoms with Crippen LogP contribution in [0.15, 0.2) is 146 Å². The third kappa shape index (κ3) is 7.74. The van der Waals surface area contributed by atoms with Crippen molar-refractivity contribution in [3.8, 4) is 34.3 Å². The Morgan fingerprint density at radius 1 is 0.489 bits per heavy atom. The lowest BCUT2D eigenvalue weighted by molar-refractivity contribution is 0.0105. The van der Waals surface area contributed by atoms with E-state index in [1.165, 1.54) is 0 Å². The molecule has 47 heavy (non-hydrogen) atoms. The van der Waals surface area contributed by atoms with Crippen LogP contribution in [0.25, 0.3) is 22.8 Å². The second kappa shape index (κ2) is 15.8. The maximum atomic E-state index is 6.96. The van der Waals surface area contributed by atoms with Crippen LogP contribution in [0.3, 0.4) is 0 Å². The SMILES string of the molecule is COc1ccc(C(OCCCCCCOc2cc(-c3ccccn3)nc(-c3ccccn3)c2)(c2ccccc2)c2ccccc2)cc1. The number of pyridine rings is 3. The number of ether oxygens (including phenoxy) is 3. The normalized spacial score (nSPS) is 11.3. The van der Waals surface area contributed by atoms with Crippen LogP contribution in [0.2, 0.25) is 0 Å². The zero-order valence-corrected chi connectivity index (χ0v) is 26.7. The summed E-state index contributed by atoms with van der Waals surface area (Å²) in [6, 6.07) is 44.7. The van der Waals surface area contributed by atoms with Gasteiger partial charge in [0.15, 0.2) is 0 Å². The summed E-state index contributed by atoms with van der Waals surface area (Å²) in [6.45, 7) is 1.22. The third-order valence-electron chi connectivity index (χ3n) is 8.14. The van der Waals surface area contributed by atoms with Crippen molar-refractivity contribution in [2.75, 3.05) is 20.3 Å². The lowest BCUT2D eigenvalue weighted by atomic mass is 9.80. The Labute approximate surface area is 277 Å². The van der Waals surface area contributed by atoms with Crippen molar-refractivity contribution in [1.29, 1.82) is 0 Å². The van der Waals surface area contributed by atoms with Gasteiger partial charge in [0.1, 0.15) is 17.1 Å². The van der Waals surface area contributed by atoms with E-state index in [-0.39, 0.29) is 0 Å². The molecule has 0 amide bonds. The van der Waals surface area contributed by atoms with Crippen LogP contribution in [0, 0.1) is 0 Å². The van der Waals surface area contributed by atoms with Crippen molar-refractivity contribution in [2.45, 2.75) is 31.3 Å². The first-order valence-electron chi connectivity index (χ1n) is 16.1. The molecule has 0 spiro atoms. The number of hydrogen-bond acceptors (Lipinski definition) is 6. The van der Waals surface area contributed by atoms with E-state index < -0.39 is 5.60 Å². The highest BCUT2D eigenvalue weighted by Gasteiger charge is 2.37. The number of hydrogen-bond donors (Lipinski definition) is 0. The summed E-state index contributed by atoms with van der Waals surface area (Å²) in [5.41, 5.74) is 5.64. The van der Waals surface area contributed by atoms with Crippen LogP contribution in [-0.2, 0) is 10.3 Å². The zero-order valence-electron chi connectivity index (χ0n) is 26.7. The molecule has 0 aliphatic carbocycles. The molecule has 6 heteroatoms. The number of benzene rings is 3. The van der Waals surface area contributed by atoms with Gasteiger partial charge in [-0.2, -0.15) is 0 Å². The van der Waals surface area contributed by atoms with E-state index in [1.807, 2.05) is 72.8 Å². The van der Waals surface area contributed by atoms with Gasteiger partial charge in [-0.15, -0.1) is 0 Å². The first-order valence-corrected chi connectivity index (χ1v) is 16.1. The Morgan fingerprint density at radius 3 is 1.51 bits per heavy atom. The molecule has 0 bridgehead atoms. The van der Waals surface area contributed by atoms with Crippen molar-refractivity contribution >= 4 is 0 Å². The smallest absolute Gasteiger partial charge is 0.143 e. The van der Waals surface area contributed by atoms with E-state index in [1.54, 1.807) is 19.5 Å². The number of methoxy groups -OCH3 is 1. The van der Waals surface area contributed by atoms with Crippen LogP contribution in [0.1, 0.15) is 42.4 Å². The molecular formula is C41H39N3O3. The quantitative estimate of drug-likeness (QED) is 0.0842. The van der Waals surface area contributed by atoms with Gasteiger partial charge < -0.3 is 14.2 Å². The van der Waals surface area contributed by atoms with Crippen LogP contribution < -0.4 is 9.47 Å². The van der Waals surface area contributed by atoms with E-state index in [2.05, 4.69) is 70.6 Å². The molecule has 6 rings (SSSR count). The summed E-state index contributed by atoms with van der Waals surface area (Å²) >= 11 is 0. The third-order valence-corrected chi connectivity index (χ3v) is 8.14. The molecule has 0 N–H and O–H groups in total. The molecule has 3 heterocycles. The van der Waals surface area contributed by atoms with Crippen LogP contribution in [0.4, 0.5) is 0 Å². The Kier molecular flexibility index (Phi) is 10.6. The van der Waals surface area contributed by atoms with Crippen molar-refractivity contribution in [2.24, 2.45) is 0 Å². The molecule has 0 aliphatic rings. The molecule has 6 aromatic rings. The molecule has 0 saturated heterocycles. The zero-order chi connectivity index (χ0) is 32.2. The van der Waals surface area contributed by atoms with Gasteiger partial charge in [-0.05, 0) is 72.4 Å². The van der Waals surface area contributed by atoms with Gasteiger partial charge in [0, 0.05) is 31.1 Å². The topological polar surface area (TPSA) is 66.4 Å². The molecule has 3 aromatic heterocycles. The van der Waals surface area contributed by atoms with Crippen LogP contribution in [-0.4, -0.2) is 35.3 Å². The van der Waals surface area contributed by atoms with E-state index >= 15 is 0 Å². The molecule has 0 fully saturated rings. The van der Waals surface area contributed by atoms with Gasteiger partial charge >= 0.3 is 0 Å². The highest BCUT2D eigenvalue weighted by Crippen LogP contribution is 2.41. The highest BCUT2D eigenvalue weighted by molar-refractivity contribution is 5.64. The van der Waals surface area contributed by atoms with Crippen molar-refractivity contribution < 1.29 is 14.2 Å². The second-order valence-corrected chi connectivity index (χ2v) is 11.3. The van der Waals surface area contributed by atoms with E-state index in [0.29, 0.717) is 13.2 Å². The molecule has 0 radical (unpaired) electrons. The second-order valence-electron chi connectivity index (χ2n) is 11.3. The number of unbranched alkanes of at least 4 members (excludes halogenated alkanes) is 3. The van der Waals surface area contributed by atoms with Crippen LogP contribution in [0.5, 0.6) is 11.5 Å². The maximum Gasteiger partial charge on any atom is 0.143 e. The fraction of sp³-hybridized carbons (Fsp3) is 0.195. The molecule has 0 unspecified atom stereocenters. The minimum absolute atomic E-state index is 0.609. The summed E-state index contributed by atoms with van der Waals surface area (Å²) in [7, 11) is 1.69. The highest BCUT2D eigenvalue weighted by atomic mass is 16.5. The van der Waals surface area contributed by atoms with Gasteiger partial charge in [0.05, 0.1) is 36.5 Å². The van der Waals surface area contributed by atoms with Crippen molar-refractivity contribution in [3.05, 3.63) is 163 Å². The summed E-state index contributed by atoms with van der Waals surface area (Å²) in [5, 5.41) is 0. The number of aromatic nitrogens is 3. The monoisotopic (exact) mass is 621 g/mol. The first-order chi connectivity index (χ1) is 23.3. The van der Waals surface area contributed by atoms with E-state index in [0.717, 1.165) is 76.6 Å². The standard InChI is InChI=1S/C41H39N3O3/c1-45-35-24-22-34(23-25-35)41(32-16-6-4-7-17-32,33-18-8-5-9-19-33)47-29-15-3-2-14-28-46-36-30-39(37-20-10-12-26-42-37)44-40(31-36)38-21-11-13-27-43-38/h4-13,16-27,30-31H,2-3,14-15,28-29H2,1H3. The molecule has 0 saturated carbocycles. The minimum atomic E-state index is -0.740. The van der Waals surface area contributed by atoms with Gasteiger partial charge in [-0.1, -0.05) is 91.3 Å². The molecule has 0 atom stereocenters. The largest absolute Gasteiger partial charge is 0.497 e. The molecular weight excluding hydrogens is 582 g/mol. The summed E-state index contributed by atoms with van der Waals surface area (Å²) in [5.74, 6) is 1.58. The minimum Gasteiger partial charge on any atom is -0.497 e. The van der Waals surface area contributed by atoms with Crippen LogP contribution >= 0.6 is 0 Å². The van der Waals surface area contributed by atoms with Gasteiger partial charge in [0.25, 0.3) is 0 Å². The summed E-state index contributed by atoms with van der Waals surface area (Å²) in [6.07, 6.45) is 7.47. The number of rotatable bonds is 15.